The van der Waals surface area contributed by atoms with Crippen molar-refractivity contribution in [3.8, 4) is 39.5 Å². The van der Waals surface area contributed by atoms with Crippen LogP contribution < -0.4 is 14.2 Å². The molecule has 0 atom stereocenters. The van der Waals surface area contributed by atoms with Crippen LogP contribution in [-0.2, 0) is 18.6 Å². The van der Waals surface area contributed by atoms with Crippen molar-refractivity contribution in [1.29, 1.82) is 0 Å². The Bertz CT molecular complexity index is 2130. The molecule has 0 bridgehead atoms. The summed E-state index contributed by atoms with van der Waals surface area (Å²) >= 11 is 0. The molecule has 5 aromatic carbocycles. The molecule has 0 heterocycles. The maximum absolute atomic E-state index is 15.1. The predicted molar refractivity (Wildman–Crippen MR) is 164 cm³/mol. The lowest BCUT2D eigenvalue weighted by Crippen LogP contribution is -2.26. The van der Waals surface area contributed by atoms with Crippen LogP contribution in [0, 0.1) is 34.9 Å². The molecule has 278 valence electrons. The molecule has 0 spiro atoms. The number of hydrogen-bond acceptors (Lipinski definition) is 3. The molecule has 0 aromatic heterocycles. The maximum Gasteiger partial charge on any atom is 0.432 e. The van der Waals surface area contributed by atoms with Crippen LogP contribution in [0.5, 0.6) is 17.2 Å². The predicted octanol–water partition coefficient (Wildman–Crippen LogP) is 12.5. The van der Waals surface area contributed by atoms with Gasteiger partial charge in [0.2, 0.25) is 5.75 Å². The highest BCUT2D eigenvalue weighted by Crippen LogP contribution is 2.41. The van der Waals surface area contributed by atoms with E-state index in [4.69, 9.17) is 0 Å². The molecule has 0 N–H and O–H groups in total. The Kier molecular flexibility index (Phi) is 11.0. The van der Waals surface area contributed by atoms with E-state index in [9.17, 15) is 39.5 Å². The second kappa shape index (κ2) is 15.1. The first-order valence-corrected chi connectivity index (χ1v) is 15.1. The van der Waals surface area contributed by atoms with Gasteiger partial charge < -0.3 is 14.2 Å². The number of hydrogen-bond donors (Lipinski definition) is 0. The zero-order valence-corrected chi connectivity index (χ0v) is 26.6. The molecule has 0 amide bonds. The maximum atomic E-state index is 15.1. The topological polar surface area (TPSA) is 27.7 Å². The van der Waals surface area contributed by atoms with Gasteiger partial charge in [0.1, 0.15) is 40.3 Å². The Morgan fingerprint density at radius 2 is 1.06 bits per heavy atom. The zero-order valence-electron chi connectivity index (χ0n) is 26.6. The third-order valence-electron chi connectivity index (χ3n) is 7.50. The van der Waals surface area contributed by atoms with Gasteiger partial charge in [0.15, 0.2) is 11.6 Å². The van der Waals surface area contributed by atoms with Crippen LogP contribution in [0.1, 0.15) is 30.0 Å². The molecule has 53 heavy (non-hydrogen) atoms. The van der Waals surface area contributed by atoms with E-state index in [1.165, 1.54) is 12.1 Å². The Morgan fingerprint density at radius 3 is 1.58 bits per heavy atom. The third-order valence-corrected chi connectivity index (χ3v) is 7.50. The molecule has 0 unspecified atom stereocenters. The van der Waals surface area contributed by atoms with E-state index in [0.29, 0.717) is 23.3 Å². The minimum absolute atomic E-state index is 0.125. The van der Waals surface area contributed by atoms with Crippen LogP contribution in [0.4, 0.5) is 57.1 Å². The molecule has 0 aliphatic heterocycles. The van der Waals surface area contributed by atoms with Crippen molar-refractivity contribution in [3.05, 3.63) is 149 Å². The first-order valence-electron chi connectivity index (χ1n) is 15.1. The highest BCUT2D eigenvalue weighted by molar-refractivity contribution is 5.71. The monoisotopic (exact) mass is 760 g/mol. The molecule has 5 aromatic rings. The number of alkyl halides is 4. The summed E-state index contributed by atoms with van der Waals surface area (Å²) in [5.74, 6) is -15.8. The summed E-state index contributed by atoms with van der Waals surface area (Å²) in [4.78, 5) is 0. The Hall–Kier alpha value is -5.67. The summed E-state index contributed by atoms with van der Waals surface area (Å²) < 4.78 is 197. The van der Waals surface area contributed by atoms with Crippen molar-refractivity contribution < 1.29 is 71.3 Å². The molecule has 0 fully saturated rings. The third kappa shape index (κ3) is 8.53. The summed E-state index contributed by atoms with van der Waals surface area (Å²) in [5, 5.41) is 0. The summed E-state index contributed by atoms with van der Waals surface area (Å²) in [7, 11) is 0. The zero-order chi connectivity index (χ0) is 38.8. The normalized spacial score (nSPS) is 11.7. The number of ether oxygens (including phenoxy) is 3. The van der Waals surface area contributed by atoms with Gasteiger partial charge in [0, 0.05) is 29.8 Å². The van der Waals surface area contributed by atoms with Crippen molar-refractivity contribution in [2.75, 3.05) is 0 Å². The van der Waals surface area contributed by atoms with E-state index >= 15 is 17.6 Å². The van der Waals surface area contributed by atoms with Crippen molar-refractivity contribution in [2.45, 2.75) is 32.0 Å². The average molecular weight is 761 g/mol. The van der Waals surface area contributed by atoms with Crippen LogP contribution in [-0.4, -0.2) is 0 Å². The summed E-state index contributed by atoms with van der Waals surface area (Å²) in [6.07, 6.45) is -11.1. The van der Waals surface area contributed by atoms with Crippen molar-refractivity contribution >= 4 is 0 Å². The Balaban J connectivity index is 1.34. The fourth-order valence-electron chi connectivity index (χ4n) is 5.11. The quantitative estimate of drug-likeness (QED) is 0.0936. The van der Waals surface area contributed by atoms with Gasteiger partial charge in [0.25, 0.3) is 0 Å². The van der Waals surface area contributed by atoms with Crippen molar-refractivity contribution in [2.24, 2.45) is 0 Å². The standard InChI is InChI=1S/C37H21F13O3/c1-2-3-18-4-6-19(7-5-18)20-8-10-24(26(38)12-20)21-9-11-25(27(39)13-21)36(47,48)52-22-14-28(40)32(29(41)15-22)37(49,50)53-23-16-30(42)33(31(43)17-23)51-35(46)34(44)45/h4-17H,2-3H2,1H3. The second-order valence-electron chi connectivity index (χ2n) is 11.2. The molecule has 16 heteroatoms. The lowest BCUT2D eigenvalue weighted by molar-refractivity contribution is -0.191. The van der Waals surface area contributed by atoms with Gasteiger partial charge in [-0.25, -0.2) is 26.3 Å². The SMILES string of the molecule is CCCc1ccc(-c2ccc(-c3ccc(C(F)(F)Oc4cc(F)c(C(F)(F)Oc5cc(F)c(OC(F)=C(F)F)c(F)c5)c(F)c4)c(F)c3)c(F)c2)cc1. The van der Waals surface area contributed by atoms with Gasteiger partial charge in [0.05, 0.1) is 5.56 Å². The highest BCUT2D eigenvalue weighted by atomic mass is 19.3. The van der Waals surface area contributed by atoms with E-state index in [1.54, 1.807) is 18.2 Å². The van der Waals surface area contributed by atoms with E-state index < -0.39 is 87.6 Å². The second-order valence-corrected chi connectivity index (χ2v) is 11.2. The highest BCUT2D eigenvalue weighted by Gasteiger charge is 2.43. The van der Waals surface area contributed by atoms with Crippen LogP contribution in [0.25, 0.3) is 22.3 Å². The van der Waals surface area contributed by atoms with E-state index in [1.807, 2.05) is 19.1 Å². The Labute approximate surface area is 291 Å². The van der Waals surface area contributed by atoms with E-state index in [2.05, 4.69) is 14.2 Å². The molecule has 0 aliphatic rings. The first kappa shape index (κ1) is 38.6. The van der Waals surface area contributed by atoms with Crippen LogP contribution >= 0.6 is 0 Å². The summed E-state index contributed by atoms with van der Waals surface area (Å²) in [5.41, 5.74) is -1.78. The Morgan fingerprint density at radius 1 is 0.547 bits per heavy atom. The van der Waals surface area contributed by atoms with Gasteiger partial charge in [-0.05, 0) is 46.9 Å². The molecule has 3 nitrogen and oxygen atoms in total. The molecular formula is C37H21F13O3. The molecular weight excluding hydrogens is 739 g/mol. The number of halogens is 13. The molecule has 5 rings (SSSR count). The van der Waals surface area contributed by atoms with E-state index in [0.717, 1.165) is 24.5 Å². The van der Waals surface area contributed by atoms with Gasteiger partial charge in [-0.2, -0.15) is 30.7 Å². The lowest BCUT2D eigenvalue weighted by Gasteiger charge is -2.22. The molecule has 0 aliphatic carbocycles. The van der Waals surface area contributed by atoms with Crippen LogP contribution in [0.3, 0.4) is 0 Å². The smallest absolute Gasteiger partial charge is 0.429 e. The fraction of sp³-hybridized carbons (Fsp3) is 0.135. The minimum Gasteiger partial charge on any atom is -0.429 e. The first-order chi connectivity index (χ1) is 24.9. The summed E-state index contributed by atoms with van der Waals surface area (Å²) in [6, 6.07) is 10.1. The van der Waals surface area contributed by atoms with Gasteiger partial charge >= 0.3 is 24.3 Å². The molecule has 0 radical (unpaired) electrons. The lowest BCUT2D eigenvalue weighted by atomic mass is 9.97. The van der Waals surface area contributed by atoms with Crippen LogP contribution in [0.2, 0.25) is 0 Å². The largest absolute Gasteiger partial charge is 0.432 e. The van der Waals surface area contributed by atoms with Crippen LogP contribution in [0.15, 0.2) is 97.0 Å². The minimum atomic E-state index is -5.12. The van der Waals surface area contributed by atoms with Gasteiger partial charge in [-0.1, -0.05) is 55.8 Å². The average Bonchev–Trinajstić information content (AvgIpc) is 3.05. The van der Waals surface area contributed by atoms with Gasteiger partial charge in [-0.15, -0.1) is 0 Å². The number of aryl methyl sites for hydroxylation is 1. The molecule has 0 saturated carbocycles. The van der Waals surface area contributed by atoms with Crippen molar-refractivity contribution in [3.63, 3.8) is 0 Å². The van der Waals surface area contributed by atoms with Crippen molar-refractivity contribution in [1.82, 2.24) is 0 Å². The van der Waals surface area contributed by atoms with E-state index in [-0.39, 0.29) is 35.4 Å². The fourth-order valence-corrected chi connectivity index (χ4v) is 5.11. The number of benzene rings is 5. The summed E-state index contributed by atoms with van der Waals surface area (Å²) in [6.45, 7) is 2.02. The number of rotatable bonds is 12. The van der Waals surface area contributed by atoms with Gasteiger partial charge in [-0.3, -0.25) is 0 Å². The molecule has 0 saturated heterocycles.